The van der Waals surface area contributed by atoms with Crippen molar-refractivity contribution in [3.8, 4) is 11.1 Å². The molecule has 4 rings (SSSR count). The van der Waals surface area contributed by atoms with Crippen molar-refractivity contribution in [2.45, 2.75) is 141 Å². The van der Waals surface area contributed by atoms with Gasteiger partial charge in [-0.15, -0.1) is 18.3 Å². The number of hydrazone groups is 1. The fraction of sp³-hybridized carbons (Fsp3) is 0.685. The molecule has 17 nitrogen and oxygen atoms in total. The van der Waals surface area contributed by atoms with Crippen molar-refractivity contribution in [2.24, 2.45) is 44.8 Å². The van der Waals surface area contributed by atoms with Gasteiger partial charge in [-0.25, -0.2) is 4.39 Å². The summed E-state index contributed by atoms with van der Waals surface area (Å²) in [5.41, 5.74) is 2.34. The van der Waals surface area contributed by atoms with Gasteiger partial charge in [0, 0.05) is 88.7 Å². The van der Waals surface area contributed by atoms with Crippen LogP contribution >= 0.6 is 11.8 Å². The molecule has 1 aromatic carbocycles. The first-order valence-electron chi connectivity index (χ1n) is 25.2. The number of aliphatic imine (C=N–C) groups is 1. The van der Waals surface area contributed by atoms with E-state index in [1.165, 1.54) is 25.1 Å². The van der Waals surface area contributed by atoms with Gasteiger partial charge in [-0.3, -0.25) is 14.8 Å². The molecule has 73 heavy (non-hydrogen) atoms. The molecule has 19 heteroatoms. The fourth-order valence-electron chi connectivity index (χ4n) is 10.2. The zero-order valence-corrected chi connectivity index (χ0v) is 46.1. The molecule has 2 aliphatic heterocycles. The van der Waals surface area contributed by atoms with Gasteiger partial charge in [0.2, 0.25) is 6.79 Å². The van der Waals surface area contributed by atoms with Crippen LogP contribution in [0, 0.1) is 30.6 Å². The Morgan fingerprint density at radius 2 is 1.78 bits per heavy atom. The molecule has 4 N–H and O–H groups in total. The highest BCUT2D eigenvalue weighted by molar-refractivity contribution is 7.98. The first-order chi connectivity index (χ1) is 34.8. The number of nitrogens with zero attached hydrogens (tertiary/aromatic N) is 5. The Labute approximate surface area is 437 Å². The van der Waals surface area contributed by atoms with Crippen LogP contribution < -0.4 is 5.84 Å². The SMILES string of the molecule is C=C(C)C[C@@]1(O)COC(=O)[C@H](C)[C@@H](OCSC)[C@H](C)C[C@](CO[C@H]2C[C@@H](N(C)CC/C(C=N[C@H](CF)[C@H](OC)c3ccc(-c4ccc(C)nc4)cc3)=N/N)C[C@@H](C)O2)(OC)C[C@@H](C)/C(=N\OCOC)[C@H](C)[C@H]1O. The number of rotatable bonds is 23. The van der Waals surface area contributed by atoms with Crippen molar-refractivity contribution in [3.05, 3.63) is 66.0 Å². The predicted molar refractivity (Wildman–Crippen MR) is 285 cm³/mol. The average Bonchev–Trinajstić information content (AvgIpc) is 3.37. The third-order valence-corrected chi connectivity index (χ3v) is 14.5. The van der Waals surface area contributed by atoms with Crippen LogP contribution in [0.4, 0.5) is 4.39 Å². The van der Waals surface area contributed by atoms with Crippen molar-refractivity contribution < 1.29 is 57.4 Å². The number of carbonyl (C=O) groups is 1. The standard InChI is InChI=1S/C54H85FN6O11S/c1-34(2)24-54(64)31-69-52(63)40(8)49(70-33-73-13)36(4)26-53(67-12,25-35(3)48(39(7)51(54)62)60-71-32-65-10)30-68-47-23-45(22-38(6)72-47)61(9)21-20-44(59-56)29-58-46(27-55)50(66-11)42-18-16-41(17-19-42)43-15-14-37(5)57-28-43/h14-19,28-29,35-36,38-40,45-47,49-51,62,64H,1,20-27,30-33,56H2,2-13H3/b58-29?,59-44-,60-48+/t35-,36-,38-,39+,40-,45+,46-,47-,49+,50-,51-,53-,54-/m1/s1. The number of thioether (sulfide) groups is 1. The number of aliphatic hydroxyl groups is 2. The van der Waals surface area contributed by atoms with Crippen LogP contribution in [0.2, 0.25) is 0 Å². The van der Waals surface area contributed by atoms with Gasteiger partial charge in [0.25, 0.3) is 0 Å². The predicted octanol–water partition coefficient (Wildman–Crippen LogP) is 7.71. The normalized spacial score (nSPS) is 30.5. The molecule has 0 radical (unpaired) electrons. The van der Waals surface area contributed by atoms with Gasteiger partial charge >= 0.3 is 5.97 Å². The molecule has 2 saturated heterocycles. The Balaban J connectivity index is 1.54. The zero-order valence-electron chi connectivity index (χ0n) is 45.3. The van der Waals surface area contributed by atoms with Crippen molar-refractivity contribution in [3.63, 3.8) is 0 Å². The van der Waals surface area contributed by atoms with Gasteiger partial charge in [0.1, 0.15) is 31.0 Å². The number of aryl methyl sites for hydroxylation is 1. The van der Waals surface area contributed by atoms with E-state index < -0.39 is 78.9 Å². The minimum Gasteiger partial charge on any atom is -0.462 e. The van der Waals surface area contributed by atoms with Gasteiger partial charge in [0.15, 0.2) is 6.29 Å². The van der Waals surface area contributed by atoms with Crippen molar-refractivity contribution in [1.82, 2.24) is 9.88 Å². The summed E-state index contributed by atoms with van der Waals surface area (Å²) in [6.45, 7) is 16.5. The Morgan fingerprint density at radius 3 is 2.38 bits per heavy atom. The Morgan fingerprint density at radius 1 is 1.07 bits per heavy atom. The Bertz CT molecular complexity index is 2090. The smallest absolute Gasteiger partial charge is 0.311 e. The van der Waals surface area contributed by atoms with Crippen LogP contribution in [0.5, 0.6) is 0 Å². The molecule has 1 aromatic heterocycles. The largest absolute Gasteiger partial charge is 0.462 e. The number of hydrogen-bond acceptors (Lipinski definition) is 18. The lowest BCUT2D eigenvalue weighted by Crippen LogP contribution is -2.54. The maximum absolute atomic E-state index is 14.6. The third-order valence-electron chi connectivity index (χ3n) is 14.2. The summed E-state index contributed by atoms with van der Waals surface area (Å²) in [4.78, 5) is 30.6. The number of esters is 1. The van der Waals surface area contributed by atoms with Crippen LogP contribution in [0.3, 0.4) is 0 Å². The summed E-state index contributed by atoms with van der Waals surface area (Å²) in [7, 11) is 6.69. The summed E-state index contributed by atoms with van der Waals surface area (Å²) in [6.07, 6.45) is 4.27. The molecule has 13 atom stereocenters. The van der Waals surface area contributed by atoms with Crippen LogP contribution in [0.25, 0.3) is 11.1 Å². The highest BCUT2D eigenvalue weighted by Gasteiger charge is 2.47. The molecule has 0 bridgehead atoms. The Kier molecular flexibility index (Phi) is 25.3. The number of hydrogen-bond donors (Lipinski definition) is 3. The number of cyclic esters (lactones) is 1. The number of ether oxygens (including phenoxy) is 7. The lowest BCUT2D eigenvalue weighted by Gasteiger charge is -2.43. The summed E-state index contributed by atoms with van der Waals surface area (Å²) < 4.78 is 57.5. The van der Waals surface area contributed by atoms with E-state index in [-0.39, 0.29) is 37.9 Å². The number of pyridine rings is 1. The maximum atomic E-state index is 14.6. The summed E-state index contributed by atoms with van der Waals surface area (Å²) in [5, 5.41) is 32.5. The second-order valence-electron chi connectivity index (χ2n) is 20.3. The third kappa shape index (κ3) is 17.9. The fourth-order valence-corrected chi connectivity index (χ4v) is 10.5. The van der Waals surface area contributed by atoms with Gasteiger partial charge in [-0.1, -0.05) is 61.8 Å². The van der Waals surface area contributed by atoms with E-state index in [1.54, 1.807) is 35.0 Å². The number of aliphatic hydroxyl groups excluding tert-OH is 1. The number of benzene rings is 1. The van der Waals surface area contributed by atoms with Gasteiger partial charge in [0.05, 0.1) is 53.8 Å². The number of aromatic nitrogens is 1. The zero-order chi connectivity index (χ0) is 53.9. The molecule has 2 aromatic rings. The molecule has 2 fully saturated rings. The van der Waals surface area contributed by atoms with Gasteiger partial charge < -0.3 is 59.0 Å². The monoisotopic (exact) mass is 1040 g/mol. The molecule has 2 aliphatic rings. The molecule has 410 valence electrons. The quantitative estimate of drug-likeness (QED) is 0.0185. The number of methoxy groups -OCH3 is 3. The van der Waals surface area contributed by atoms with Crippen molar-refractivity contribution in [1.29, 1.82) is 0 Å². The van der Waals surface area contributed by atoms with E-state index in [4.69, 9.17) is 43.8 Å². The maximum Gasteiger partial charge on any atom is 0.311 e. The second kappa shape index (κ2) is 30.0. The van der Waals surface area contributed by atoms with Gasteiger partial charge in [-0.2, -0.15) is 5.10 Å². The Hall–Kier alpha value is -3.89. The van der Waals surface area contributed by atoms with Crippen LogP contribution in [0.1, 0.15) is 97.4 Å². The molecule has 0 amide bonds. The number of carbonyl (C=O) groups excluding carboxylic acids is 1. The molecule has 0 aliphatic carbocycles. The lowest BCUT2D eigenvalue weighted by molar-refractivity contribution is -0.230. The highest BCUT2D eigenvalue weighted by Crippen LogP contribution is 2.38. The van der Waals surface area contributed by atoms with Crippen molar-refractivity contribution in [2.75, 3.05) is 73.8 Å². The molecule has 3 heterocycles. The average molecular weight is 1050 g/mol. The van der Waals surface area contributed by atoms with Crippen LogP contribution in [-0.4, -0.2) is 165 Å². The number of nitrogens with two attached hydrogens (primary N) is 1. The molecular formula is C54H85FN6O11S. The van der Waals surface area contributed by atoms with E-state index in [9.17, 15) is 19.4 Å². The first-order valence-corrected chi connectivity index (χ1v) is 26.6. The van der Waals surface area contributed by atoms with E-state index in [0.29, 0.717) is 55.2 Å². The van der Waals surface area contributed by atoms with E-state index in [1.807, 2.05) is 83.6 Å². The second-order valence-corrected chi connectivity index (χ2v) is 21.1. The molecule has 0 saturated carbocycles. The molecule has 0 spiro atoms. The number of oxime groups is 1. The van der Waals surface area contributed by atoms with Crippen LogP contribution in [-0.2, 0) is 42.8 Å². The van der Waals surface area contributed by atoms with Gasteiger partial charge in [-0.05, 0) is 83.4 Å². The first kappa shape index (κ1) is 61.7. The molecule has 0 unspecified atom stereocenters. The highest BCUT2D eigenvalue weighted by atomic mass is 32.2. The minimum absolute atomic E-state index is 0.0354. The number of halogens is 1. The minimum atomic E-state index is -1.90. The summed E-state index contributed by atoms with van der Waals surface area (Å²) >= 11 is 1.49. The molecular weight excluding hydrogens is 960 g/mol. The van der Waals surface area contributed by atoms with E-state index in [2.05, 4.69) is 31.7 Å². The topological polar surface area (TPSA) is 211 Å². The van der Waals surface area contributed by atoms with Crippen LogP contribution in [0.15, 0.2) is 70.0 Å². The lowest BCUT2D eigenvalue weighted by atomic mass is 9.74. The summed E-state index contributed by atoms with van der Waals surface area (Å²) in [5.74, 6) is 3.44. The van der Waals surface area contributed by atoms with E-state index in [0.717, 1.165) is 28.8 Å². The number of alkyl halides is 1. The summed E-state index contributed by atoms with van der Waals surface area (Å²) in [6, 6.07) is 11.0. The van der Waals surface area contributed by atoms with E-state index >= 15 is 0 Å². The van der Waals surface area contributed by atoms with Crippen molar-refractivity contribution >= 4 is 35.4 Å².